The van der Waals surface area contributed by atoms with Crippen molar-refractivity contribution >= 4 is 85.9 Å². The molecule has 2 aliphatic heterocycles. The SMILES string of the molecule is Cc1c(-c2ccc(-c3ccc4c(c3)N(C(=O)Nc3nc5ccccc5s3)CCO4)nc2C(=O)O)cnn1CC12CC3(C)CC(C)(C1)CC(OCCN(C)C(=O)OC/C=C/c1cc[c]c(NC(=O)CCNC(=O)CCCCCN4C(=O)C=CC4=O)c1)(C3)C2. The average molecular weight is 1200 g/mol. The number of aromatic carboxylic acids is 1. The van der Waals surface area contributed by atoms with Crippen LogP contribution < -0.4 is 25.6 Å². The lowest BCUT2D eigenvalue weighted by atomic mass is 9.39. The van der Waals surface area contributed by atoms with Gasteiger partial charge in [0.2, 0.25) is 11.8 Å². The quantitative estimate of drug-likeness (QED) is 0.0344. The zero-order valence-corrected chi connectivity index (χ0v) is 50.1. The average Bonchev–Trinajstić information content (AvgIpc) is 1.07. The van der Waals surface area contributed by atoms with Crippen LogP contribution in [0.1, 0.15) is 106 Å². The number of aromatic nitrogens is 4. The largest absolute Gasteiger partial charge is 0.490 e. The highest BCUT2D eigenvalue weighted by molar-refractivity contribution is 7.22. The van der Waals surface area contributed by atoms with Gasteiger partial charge >= 0.3 is 18.1 Å². The number of imide groups is 1. The highest BCUT2D eigenvalue weighted by atomic mass is 32.1. The minimum Gasteiger partial charge on any atom is -0.490 e. The van der Waals surface area contributed by atoms with Gasteiger partial charge in [-0.1, -0.05) is 61.9 Å². The summed E-state index contributed by atoms with van der Waals surface area (Å²) in [7, 11) is 1.70. The second-order valence-electron chi connectivity index (χ2n) is 24.6. The summed E-state index contributed by atoms with van der Waals surface area (Å²) in [6.45, 7) is 9.16. The van der Waals surface area contributed by atoms with Crippen LogP contribution in [0.5, 0.6) is 5.75 Å². The van der Waals surface area contributed by atoms with Gasteiger partial charge in [0.25, 0.3) is 11.8 Å². The summed E-state index contributed by atoms with van der Waals surface area (Å²) in [6, 6.07) is 24.5. The smallest absolute Gasteiger partial charge is 0.409 e. The predicted molar refractivity (Wildman–Crippen MR) is 328 cm³/mol. The molecule has 21 nitrogen and oxygen atoms in total. The minimum absolute atomic E-state index is 0.0249. The number of benzene rings is 3. The first kappa shape index (κ1) is 59.9. The molecule has 12 rings (SSSR count). The molecule has 3 aromatic heterocycles. The number of urea groups is 1. The molecule has 0 spiro atoms. The molecule has 22 heteroatoms. The number of carboxylic acids is 1. The Morgan fingerprint density at radius 1 is 0.874 bits per heavy atom. The summed E-state index contributed by atoms with van der Waals surface area (Å²) in [5.74, 6) is -1.74. The monoisotopic (exact) mass is 1200 g/mol. The Balaban J connectivity index is 0.654. The first-order chi connectivity index (χ1) is 41.8. The first-order valence-corrected chi connectivity index (χ1v) is 30.4. The number of thiazole rings is 1. The molecule has 7 amide bonds. The number of unbranched alkanes of at least 4 members (excludes halogenated alkanes) is 2. The molecule has 4 saturated carbocycles. The summed E-state index contributed by atoms with van der Waals surface area (Å²) in [4.78, 5) is 102. The number of carbonyl (C=O) groups is 7. The van der Waals surface area contributed by atoms with E-state index in [9.17, 15) is 38.7 Å². The van der Waals surface area contributed by atoms with Crippen molar-refractivity contribution in [2.24, 2.45) is 16.2 Å². The van der Waals surface area contributed by atoms with Crippen LogP contribution in [0, 0.1) is 29.2 Å². The zero-order valence-electron chi connectivity index (χ0n) is 49.3. The number of nitrogens with one attached hydrogen (secondary N) is 3. The Morgan fingerprint density at radius 2 is 1.67 bits per heavy atom. The van der Waals surface area contributed by atoms with E-state index in [0.29, 0.717) is 103 Å². The van der Waals surface area contributed by atoms with Gasteiger partial charge in [-0.05, 0) is 135 Å². The van der Waals surface area contributed by atoms with E-state index in [1.807, 2.05) is 48.0 Å². The Bertz CT molecular complexity index is 3670. The van der Waals surface area contributed by atoms with Crippen molar-refractivity contribution in [2.75, 3.05) is 68.6 Å². The van der Waals surface area contributed by atoms with Crippen LogP contribution in [0.3, 0.4) is 0 Å². The van der Waals surface area contributed by atoms with Gasteiger partial charge in [0.05, 0.1) is 46.5 Å². The number of likely N-dealkylation sites (N-methyl/N-ethyl adjacent to an activating group) is 1. The predicted octanol–water partition coefficient (Wildman–Crippen LogP) is 10.3. The van der Waals surface area contributed by atoms with Gasteiger partial charge in [0.15, 0.2) is 10.8 Å². The molecular weight excluding hydrogens is 1130 g/mol. The summed E-state index contributed by atoms with van der Waals surface area (Å²) in [5, 5.41) is 24.6. The van der Waals surface area contributed by atoms with Crippen LogP contribution in [0.15, 0.2) is 97.2 Å². The molecule has 4 bridgehead atoms. The molecule has 5 heterocycles. The number of anilines is 3. The molecule has 1 radical (unpaired) electrons. The van der Waals surface area contributed by atoms with Crippen LogP contribution in [0.25, 0.3) is 38.7 Å². The second-order valence-corrected chi connectivity index (χ2v) is 25.6. The first-order valence-electron chi connectivity index (χ1n) is 29.5. The molecule has 4 fully saturated rings. The van der Waals surface area contributed by atoms with Crippen molar-refractivity contribution in [2.45, 2.75) is 104 Å². The lowest BCUT2D eigenvalue weighted by Gasteiger charge is -2.69. The van der Waals surface area contributed by atoms with Gasteiger partial charge < -0.3 is 34.9 Å². The van der Waals surface area contributed by atoms with E-state index in [2.05, 4.69) is 40.8 Å². The molecule has 4 aliphatic carbocycles. The Morgan fingerprint density at radius 3 is 2.45 bits per heavy atom. The summed E-state index contributed by atoms with van der Waals surface area (Å²) in [6.07, 6.45) is 15.3. The van der Waals surface area contributed by atoms with Crippen molar-refractivity contribution in [3.63, 3.8) is 0 Å². The second kappa shape index (κ2) is 24.9. The van der Waals surface area contributed by atoms with E-state index in [0.717, 1.165) is 60.0 Å². The molecule has 4 N–H and O–H groups in total. The van der Waals surface area contributed by atoms with Crippen molar-refractivity contribution in [3.8, 4) is 28.1 Å². The normalized spacial score (nSPS) is 21.7. The number of nitrogens with zero attached hydrogens (tertiary/aromatic N) is 7. The van der Waals surface area contributed by atoms with Crippen LogP contribution in [-0.4, -0.2) is 135 Å². The Hall–Kier alpha value is -8.76. The molecule has 2 atom stereocenters. The van der Waals surface area contributed by atoms with Gasteiger partial charge in [0.1, 0.15) is 19.0 Å². The van der Waals surface area contributed by atoms with Gasteiger partial charge in [-0.2, -0.15) is 5.10 Å². The molecule has 3 aromatic carbocycles. The topological polar surface area (TPSA) is 257 Å². The van der Waals surface area contributed by atoms with Crippen molar-refractivity contribution in [3.05, 3.63) is 120 Å². The number of carboxylic acid groups (broad SMARTS) is 1. The number of amides is 7. The number of hydrogen-bond donors (Lipinski definition) is 4. The van der Waals surface area contributed by atoms with Gasteiger partial charge in [-0.3, -0.25) is 39.0 Å². The maximum absolute atomic E-state index is 13.7. The van der Waals surface area contributed by atoms with Crippen molar-refractivity contribution < 1.29 is 52.9 Å². The maximum atomic E-state index is 13.7. The molecule has 6 aliphatic rings. The highest BCUT2D eigenvalue weighted by Gasteiger charge is 2.66. The van der Waals surface area contributed by atoms with Crippen molar-refractivity contribution in [1.29, 1.82) is 0 Å². The summed E-state index contributed by atoms with van der Waals surface area (Å²) < 4.78 is 21.5. The standard InChI is InChI=1S/C65H71N10O11S/c1-42-47(46-19-20-48(69-57(46)58(80)81)44-18-21-51-50(33-44)73(28-30-84-51)60(82)71-59-70-49-15-7-8-16-52(49)87-59)34-67-75(42)41-64-36-62(2)35-63(3,37-64)39-65(38-62,40-64)86-31-27-72(4)61(83)85-29-11-13-43-12-10-14-45(32-43)68-54(77)24-25-66-53(76)17-6-5-9-26-74-55(78)22-23-56(74)79/h7-8,10-13,15-16,18-23,32-34H,5-6,9,17,24-31,35-41H2,1-4H3,(H,66,76)(H,68,77)(H,80,81)(H,70,71,82)/b13-11+. The fourth-order valence-corrected chi connectivity index (χ4v) is 15.4. The number of hydrogen-bond acceptors (Lipinski definition) is 14. The van der Waals surface area contributed by atoms with E-state index in [4.69, 9.17) is 24.3 Å². The van der Waals surface area contributed by atoms with E-state index in [1.54, 1.807) is 66.7 Å². The third kappa shape index (κ3) is 13.6. The van der Waals surface area contributed by atoms with Crippen LogP contribution >= 0.6 is 11.3 Å². The van der Waals surface area contributed by atoms with Crippen LogP contribution in [0.4, 0.5) is 26.1 Å². The van der Waals surface area contributed by atoms with Gasteiger partial charge in [0, 0.05) is 92.4 Å². The van der Waals surface area contributed by atoms with E-state index in [1.165, 1.54) is 33.3 Å². The zero-order chi connectivity index (χ0) is 61.1. The molecule has 453 valence electrons. The number of rotatable bonds is 23. The van der Waals surface area contributed by atoms with Gasteiger partial charge in [-0.25, -0.2) is 24.4 Å². The number of ether oxygens (including phenoxy) is 3. The Labute approximate surface area is 508 Å². The van der Waals surface area contributed by atoms with Crippen molar-refractivity contribution in [1.82, 2.24) is 34.9 Å². The molecule has 0 saturated heterocycles. The fourth-order valence-electron chi connectivity index (χ4n) is 14.6. The van der Waals surface area contributed by atoms with Crippen LogP contribution in [-0.2, 0) is 35.2 Å². The molecule has 6 aromatic rings. The molecular formula is C65H71N10O11S. The Kier molecular flexibility index (Phi) is 17.2. The number of fused-ring (bicyclic) bond motifs is 2. The van der Waals surface area contributed by atoms with Gasteiger partial charge in [-0.15, -0.1) is 0 Å². The third-order valence-electron chi connectivity index (χ3n) is 17.2. The third-order valence-corrected chi connectivity index (χ3v) is 18.2. The van der Waals surface area contributed by atoms with Crippen LogP contribution in [0.2, 0.25) is 0 Å². The van der Waals surface area contributed by atoms with E-state index < -0.39 is 17.7 Å². The highest BCUT2D eigenvalue weighted by Crippen LogP contribution is 2.72. The fraction of sp³-hybridized carbons (Fsp3) is 0.415. The molecule has 2 unspecified atom stereocenters. The maximum Gasteiger partial charge on any atom is 0.409 e. The molecule has 87 heavy (non-hydrogen) atoms. The lowest BCUT2D eigenvalue weighted by Crippen LogP contribution is -2.64. The summed E-state index contributed by atoms with van der Waals surface area (Å²) >= 11 is 1.39. The lowest BCUT2D eigenvalue weighted by molar-refractivity contribution is -0.248. The van der Waals surface area contributed by atoms with E-state index >= 15 is 0 Å². The number of pyridine rings is 1. The summed E-state index contributed by atoms with van der Waals surface area (Å²) in [5.41, 5.74) is 5.00. The minimum atomic E-state index is -1.18. The number of para-hydroxylation sites is 1. The number of carbonyl (C=O) groups excluding carboxylic acids is 6. The van der Waals surface area contributed by atoms with E-state index in [-0.39, 0.29) is 77.6 Å².